The van der Waals surface area contributed by atoms with Crippen LogP contribution in [0.15, 0.2) is 17.0 Å². The fourth-order valence-electron chi connectivity index (χ4n) is 2.67. The SMILES string of the molecule is Cc1cc(S(=O)(=O)N2CCC(C(C)C)C2)cc(N)c1C. The number of hydrogen-bond acceptors (Lipinski definition) is 3. The molecule has 0 aliphatic carbocycles. The van der Waals surface area contributed by atoms with Gasteiger partial charge in [-0.25, -0.2) is 8.42 Å². The summed E-state index contributed by atoms with van der Waals surface area (Å²) in [5, 5.41) is 0. The standard InChI is InChI=1S/C15H24N2O2S/c1-10(2)13-5-6-17(9-13)20(18,19)14-7-11(3)12(4)15(16)8-14/h7-8,10,13H,5-6,9,16H2,1-4H3. The Kier molecular flexibility index (Phi) is 4.12. The highest BCUT2D eigenvalue weighted by atomic mass is 32.2. The van der Waals surface area contributed by atoms with Gasteiger partial charge in [0.25, 0.3) is 0 Å². The molecule has 1 fully saturated rings. The van der Waals surface area contributed by atoms with Gasteiger partial charge in [0.2, 0.25) is 10.0 Å². The van der Waals surface area contributed by atoms with Crippen LogP contribution >= 0.6 is 0 Å². The van der Waals surface area contributed by atoms with E-state index < -0.39 is 10.0 Å². The number of rotatable bonds is 3. The Morgan fingerprint density at radius 1 is 1.30 bits per heavy atom. The van der Waals surface area contributed by atoms with E-state index in [1.807, 2.05) is 13.8 Å². The zero-order chi connectivity index (χ0) is 15.1. The molecule has 1 aromatic rings. The zero-order valence-corrected chi connectivity index (χ0v) is 13.5. The van der Waals surface area contributed by atoms with Crippen LogP contribution < -0.4 is 5.73 Å². The highest BCUT2D eigenvalue weighted by Gasteiger charge is 2.33. The normalized spacial score (nSPS) is 20.8. The first-order chi connectivity index (χ1) is 9.23. The van der Waals surface area contributed by atoms with Crippen LogP contribution in [0.3, 0.4) is 0 Å². The molecule has 1 heterocycles. The Hall–Kier alpha value is -1.07. The maximum atomic E-state index is 12.7. The lowest BCUT2D eigenvalue weighted by Gasteiger charge is -2.19. The van der Waals surface area contributed by atoms with Crippen molar-refractivity contribution in [3.63, 3.8) is 0 Å². The highest BCUT2D eigenvalue weighted by molar-refractivity contribution is 7.89. The number of nitrogens with two attached hydrogens (primary N) is 1. The van der Waals surface area contributed by atoms with Crippen molar-refractivity contribution in [1.29, 1.82) is 0 Å². The fourth-order valence-corrected chi connectivity index (χ4v) is 4.30. The fraction of sp³-hybridized carbons (Fsp3) is 0.600. The van der Waals surface area contributed by atoms with Crippen molar-refractivity contribution in [2.24, 2.45) is 11.8 Å². The second-order valence-electron chi connectivity index (χ2n) is 6.11. The smallest absolute Gasteiger partial charge is 0.243 e. The van der Waals surface area contributed by atoms with E-state index in [2.05, 4.69) is 13.8 Å². The largest absolute Gasteiger partial charge is 0.398 e. The van der Waals surface area contributed by atoms with Gasteiger partial charge in [-0.15, -0.1) is 0 Å². The van der Waals surface area contributed by atoms with E-state index in [1.165, 1.54) is 0 Å². The van der Waals surface area contributed by atoms with Gasteiger partial charge in [0.1, 0.15) is 0 Å². The van der Waals surface area contributed by atoms with Gasteiger partial charge < -0.3 is 5.73 Å². The molecule has 1 aliphatic heterocycles. The van der Waals surface area contributed by atoms with Crippen molar-refractivity contribution in [3.8, 4) is 0 Å². The molecule has 4 nitrogen and oxygen atoms in total. The van der Waals surface area contributed by atoms with Gasteiger partial charge in [-0.05, 0) is 55.4 Å². The van der Waals surface area contributed by atoms with Crippen LogP contribution in [0.5, 0.6) is 0 Å². The van der Waals surface area contributed by atoms with E-state index >= 15 is 0 Å². The number of benzene rings is 1. The van der Waals surface area contributed by atoms with Crippen LogP contribution in [-0.2, 0) is 10.0 Å². The number of nitrogens with zero attached hydrogens (tertiary/aromatic N) is 1. The molecule has 0 radical (unpaired) electrons. The van der Waals surface area contributed by atoms with E-state index in [9.17, 15) is 8.42 Å². The lowest BCUT2D eigenvalue weighted by atomic mass is 9.96. The predicted octanol–water partition coefficient (Wildman–Crippen LogP) is 2.55. The van der Waals surface area contributed by atoms with Gasteiger partial charge in [-0.3, -0.25) is 0 Å². The van der Waals surface area contributed by atoms with Gasteiger partial charge >= 0.3 is 0 Å². The topological polar surface area (TPSA) is 63.4 Å². The maximum Gasteiger partial charge on any atom is 0.243 e. The monoisotopic (exact) mass is 296 g/mol. The minimum absolute atomic E-state index is 0.322. The van der Waals surface area contributed by atoms with Crippen LogP contribution in [0.2, 0.25) is 0 Å². The first kappa shape index (κ1) is 15.3. The van der Waals surface area contributed by atoms with Crippen molar-refractivity contribution >= 4 is 15.7 Å². The van der Waals surface area contributed by atoms with Gasteiger partial charge in [0, 0.05) is 18.8 Å². The number of sulfonamides is 1. The summed E-state index contributed by atoms with van der Waals surface area (Å²) in [5.74, 6) is 0.966. The minimum atomic E-state index is -3.41. The molecule has 1 unspecified atom stereocenters. The molecule has 1 atom stereocenters. The van der Waals surface area contributed by atoms with Crippen LogP contribution in [0.25, 0.3) is 0 Å². The molecule has 1 saturated heterocycles. The molecule has 0 spiro atoms. The Morgan fingerprint density at radius 2 is 1.95 bits per heavy atom. The molecule has 0 amide bonds. The van der Waals surface area contributed by atoms with E-state index in [-0.39, 0.29) is 0 Å². The molecule has 2 N–H and O–H groups in total. The average Bonchev–Trinajstić information content (AvgIpc) is 2.85. The third-order valence-corrected chi connectivity index (χ3v) is 6.29. The lowest BCUT2D eigenvalue weighted by molar-refractivity contribution is 0.388. The zero-order valence-electron chi connectivity index (χ0n) is 12.7. The van der Waals surface area contributed by atoms with Crippen LogP contribution in [0.1, 0.15) is 31.4 Å². The third kappa shape index (κ3) is 2.69. The van der Waals surface area contributed by atoms with E-state index in [4.69, 9.17) is 5.73 Å². The predicted molar refractivity (Wildman–Crippen MR) is 82.0 cm³/mol. The molecule has 1 aromatic carbocycles. The maximum absolute atomic E-state index is 12.7. The van der Waals surface area contributed by atoms with Crippen LogP contribution in [-0.4, -0.2) is 25.8 Å². The second-order valence-corrected chi connectivity index (χ2v) is 8.05. The molecule has 1 aliphatic rings. The Balaban J connectivity index is 2.32. The van der Waals surface area contributed by atoms with E-state index in [1.54, 1.807) is 16.4 Å². The highest BCUT2D eigenvalue weighted by Crippen LogP contribution is 2.30. The van der Waals surface area contributed by atoms with Gasteiger partial charge in [0.05, 0.1) is 4.90 Å². The lowest BCUT2D eigenvalue weighted by Crippen LogP contribution is -2.29. The summed E-state index contributed by atoms with van der Waals surface area (Å²) >= 11 is 0. The minimum Gasteiger partial charge on any atom is -0.398 e. The first-order valence-electron chi connectivity index (χ1n) is 7.10. The summed E-state index contributed by atoms with van der Waals surface area (Å²) in [6.45, 7) is 9.33. The molecule has 0 aromatic heterocycles. The Morgan fingerprint density at radius 3 is 2.45 bits per heavy atom. The summed E-state index contributed by atoms with van der Waals surface area (Å²) in [5.41, 5.74) is 8.32. The van der Waals surface area contributed by atoms with Gasteiger partial charge in [-0.2, -0.15) is 4.31 Å². The number of nitrogen functional groups attached to an aromatic ring is 1. The molecular weight excluding hydrogens is 272 g/mol. The van der Waals surface area contributed by atoms with Crippen molar-refractivity contribution in [1.82, 2.24) is 4.31 Å². The van der Waals surface area contributed by atoms with Crippen molar-refractivity contribution in [3.05, 3.63) is 23.3 Å². The molecule has 0 saturated carbocycles. The Labute approximate surface area is 122 Å². The first-order valence-corrected chi connectivity index (χ1v) is 8.54. The second kappa shape index (κ2) is 5.37. The quantitative estimate of drug-likeness (QED) is 0.872. The van der Waals surface area contributed by atoms with Crippen molar-refractivity contribution in [2.45, 2.75) is 39.0 Å². The average molecular weight is 296 g/mol. The molecule has 112 valence electrons. The van der Waals surface area contributed by atoms with E-state index in [0.717, 1.165) is 17.5 Å². The van der Waals surface area contributed by atoms with Crippen molar-refractivity contribution < 1.29 is 8.42 Å². The number of aryl methyl sites for hydroxylation is 1. The van der Waals surface area contributed by atoms with Gasteiger partial charge in [-0.1, -0.05) is 13.8 Å². The van der Waals surface area contributed by atoms with E-state index in [0.29, 0.717) is 35.5 Å². The number of hydrogen-bond donors (Lipinski definition) is 1. The van der Waals surface area contributed by atoms with Crippen LogP contribution in [0, 0.1) is 25.7 Å². The summed E-state index contributed by atoms with van der Waals surface area (Å²) in [6.07, 6.45) is 0.942. The third-order valence-electron chi connectivity index (χ3n) is 4.45. The summed E-state index contributed by atoms with van der Waals surface area (Å²) in [4.78, 5) is 0.322. The molecular formula is C15H24N2O2S. The summed E-state index contributed by atoms with van der Waals surface area (Å²) < 4.78 is 27.0. The summed E-state index contributed by atoms with van der Waals surface area (Å²) in [7, 11) is -3.41. The summed E-state index contributed by atoms with van der Waals surface area (Å²) in [6, 6.07) is 3.31. The molecule has 5 heteroatoms. The van der Waals surface area contributed by atoms with Crippen molar-refractivity contribution in [2.75, 3.05) is 18.8 Å². The van der Waals surface area contributed by atoms with Gasteiger partial charge in [0.15, 0.2) is 0 Å². The Bertz CT molecular complexity index is 585. The number of anilines is 1. The van der Waals surface area contributed by atoms with Crippen LogP contribution in [0.4, 0.5) is 5.69 Å². The molecule has 0 bridgehead atoms. The molecule has 20 heavy (non-hydrogen) atoms. The molecule has 2 rings (SSSR count).